The minimum absolute atomic E-state index is 0.0244. The maximum atomic E-state index is 12.7. The molecule has 5 nitrogen and oxygen atoms in total. The van der Waals surface area contributed by atoms with E-state index in [0.717, 1.165) is 37.8 Å². The Morgan fingerprint density at radius 1 is 0.973 bits per heavy atom. The molecule has 0 saturated heterocycles. The third kappa shape index (κ3) is 4.80. The first-order valence-corrected chi connectivity index (χ1v) is 14.8. The molecule has 0 spiro atoms. The van der Waals surface area contributed by atoms with Gasteiger partial charge < -0.3 is 15.5 Å². The molecule has 1 aromatic rings. The first-order valence-electron chi connectivity index (χ1n) is 14.8. The molecular weight excluding hydrogens is 462 g/mol. The molecule has 10 atom stereocenters. The van der Waals surface area contributed by atoms with E-state index in [4.69, 9.17) is 0 Å². The highest BCUT2D eigenvalue weighted by Gasteiger charge is 2.62. The van der Waals surface area contributed by atoms with Crippen molar-refractivity contribution in [1.82, 2.24) is 0 Å². The van der Waals surface area contributed by atoms with E-state index in [1.54, 1.807) is 31.2 Å². The summed E-state index contributed by atoms with van der Waals surface area (Å²) in [5.41, 5.74) is 1.88. The predicted molar refractivity (Wildman–Crippen MR) is 146 cm³/mol. The second-order valence-corrected chi connectivity index (χ2v) is 13.7. The molecular formula is C32H47NO4. The molecule has 4 fully saturated rings. The number of Topliss-reactive ketones (excluding diaryl/α,β-unsaturated/α-hetero) is 1. The lowest BCUT2D eigenvalue weighted by Gasteiger charge is -2.62. The van der Waals surface area contributed by atoms with Crippen molar-refractivity contribution in [3.8, 4) is 0 Å². The fraction of sp³-hybridized carbons (Fsp3) is 0.750. The number of hydrogen-bond acceptors (Lipinski definition) is 4. The maximum Gasteiger partial charge on any atom is 0.224 e. The average Bonchev–Trinajstić information content (AvgIpc) is 3.21. The summed E-state index contributed by atoms with van der Waals surface area (Å²) in [4.78, 5) is 24.2. The van der Waals surface area contributed by atoms with Crippen LogP contribution in [0, 0.1) is 46.3 Å². The van der Waals surface area contributed by atoms with Crippen molar-refractivity contribution in [2.45, 2.75) is 104 Å². The number of amides is 1. The van der Waals surface area contributed by atoms with Gasteiger partial charge in [0.2, 0.25) is 5.91 Å². The van der Waals surface area contributed by atoms with Gasteiger partial charge in [0.15, 0.2) is 5.78 Å². The van der Waals surface area contributed by atoms with E-state index >= 15 is 0 Å². The van der Waals surface area contributed by atoms with Crippen LogP contribution in [0.3, 0.4) is 0 Å². The summed E-state index contributed by atoms with van der Waals surface area (Å²) in [6, 6.07) is 7.11. The SMILES string of the molecule is CC(=O)c1ccc(NC(=O)CCC(C)C2CCC3C4C(O)CC5CC(O)CCC5(C)C4CCC23C)cc1. The molecule has 37 heavy (non-hydrogen) atoms. The number of anilines is 1. The molecule has 4 aliphatic carbocycles. The number of aliphatic hydroxyl groups is 2. The van der Waals surface area contributed by atoms with Crippen molar-refractivity contribution in [3.05, 3.63) is 29.8 Å². The van der Waals surface area contributed by atoms with Gasteiger partial charge in [-0.05, 0) is 135 Å². The van der Waals surface area contributed by atoms with Gasteiger partial charge in [0.05, 0.1) is 12.2 Å². The highest BCUT2D eigenvalue weighted by atomic mass is 16.3. The third-order valence-electron chi connectivity index (χ3n) is 11.8. The van der Waals surface area contributed by atoms with E-state index in [-0.39, 0.29) is 34.7 Å². The van der Waals surface area contributed by atoms with Gasteiger partial charge in [0.1, 0.15) is 0 Å². The Bertz CT molecular complexity index is 1010. The van der Waals surface area contributed by atoms with Gasteiger partial charge in [-0.3, -0.25) is 9.59 Å². The van der Waals surface area contributed by atoms with Crippen LogP contribution < -0.4 is 5.32 Å². The Kier molecular flexibility index (Phi) is 7.34. The molecule has 10 unspecified atom stereocenters. The van der Waals surface area contributed by atoms with Crippen molar-refractivity contribution in [3.63, 3.8) is 0 Å². The summed E-state index contributed by atoms with van der Waals surface area (Å²) in [6.45, 7) is 8.83. The van der Waals surface area contributed by atoms with E-state index in [9.17, 15) is 19.8 Å². The summed E-state index contributed by atoms with van der Waals surface area (Å²) in [5.74, 6) is 3.08. The molecule has 4 saturated carbocycles. The molecule has 0 aliphatic heterocycles. The van der Waals surface area contributed by atoms with Gasteiger partial charge in [-0.15, -0.1) is 0 Å². The summed E-state index contributed by atoms with van der Waals surface area (Å²) in [6.07, 6.45) is 9.49. The van der Waals surface area contributed by atoms with E-state index in [1.165, 1.54) is 25.7 Å². The van der Waals surface area contributed by atoms with Gasteiger partial charge in [-0.1, -0.05) is 20.8 Å². The largest absolute Gasteiger partial charge is 0.393 e. The second-order valence-electron chi connectivity index (χ2n) is 13.7. The smallest absolute Gasteiger partial charge is 0.224 e. The molecule has 0 bridgehead atoms. The Labute approximate surface area is 222 Å². The number of ketones is 1. The lowest BCUT2D eigenvalue weighted by molar-refractivity contribution is -0.174. The first kappa shape index (κ1) is 26.9. The highest BCUT2D eigenvalue weighted by Crippen LogP contribution is 2.68. The molecule has 4 aliphatic rings. The van der Waals surface area contributed by atoms with Gasteiger partial charge in [-0.2, -0.15) is 0 Å². The second kappa shape index (κ2) is 10.1. The van der Waals surface area contributed by atoms with Crippen LogP contribution in [0.4, 0.5) is 5.69 Å². The zero-order chi connectivity index (χ0) is 26.5. The maximum absolute atomic E-state index is 12.7. The van der Waals surface area contributed by atoms with Gasteiger partial charge in [0, 0.05) is 17.7 Å². The van der Waals surface area contributed by atoms with Crippen molar-refractivity contribution >= 4 is 17.4 Å². The molecule has 0 radical (unpaired) electrons. The minimum atomic E-state index is -0.243. The van der Waals surface area contributed by atoms with Crippen LogP contribution in [-0.2, 0) is 4.79 Å². The van der Waals surface area contributed by atoms with Crippen LogP contribution in [0.15, 0.2) is 24.3 Å². The summed E-state index contributed by atoms with van der Waals surface area (Å²) in [7, 11) is 0. The van der Waals surface area contributed by atoms with Crippen LogP contribution in [0.1, 0.15) is 102 Å². The minimum Gasteiger partial charge on any atom is -0.393 e. The van der Waals surface area contributed by atoms with E-state index in [1.807, 2.05) is 0 Å². The number of hydrogen-bond donors (Lipinski definition) is 3. The fourth-order valence-electron chi connectivity index (χ4n) is 9.75. The van der Waals surface area contributed by atoms with Crippen LogP contribution in [0.2, 0.25) is 0 Å². The van der Waals surface area contributed by atoms with Crippen molar-refractivity contribution < 1.29 is 19.8 Å². The number of benzene rings is 1. The Morgan fingerprint density at radius 3 is 2.35 bits per heavy atom. The zero-order valence-corrected chi connectivity index (χ0v) is 23.2. The Balaban J connectivity index is 1.21. The zero-order valence-electron chi connectivity index (χ0n) is 23.2. The standard InChI is InChI=1S/C32H47NO4/c1-19(5-12-29(37)33-23-8-6-21(7-9-23)20(2)34)25-10-11-26-30-27(14-16-32(25,26)4)31(3)15-13-24(35)17-22(31)18-28(30)36/h6-9,19,22,24-28,30,35-36H,5,10-18H2,1-4H3,(H,33,37). The number of rotatable bonds is 6. The van der Waals surface area contributed by atoms with Crippen LogP contribution in [0.25, 0.3) is 0 Å². The Morgan fingerprint density at radius 2 is 1.65 bits per heavy atom. The van der Waals surface area contributed by atoms with Gasteiger partial charge in [-0.25, -0.2) is 0 Å². The third-order valence-corrected chi connectivity index (χ3v) is 11.8. The quantitative estimate of drug-likeness (QED) is 0.397. The molecule has 0 heterocycles. The van der Waals surface area contributed by atoms with Gasteiger partial charge >= 0.3 is 0 Å². The van der Waals surface area contributed by atoms with Crippen LogP contribution in [0.5, 0.6) is 0 Å². The van der Waals surface area contributed by atoms with Gasteiger partial charge in [0.25, 0.3) is 0 Å². The topological polar surface area (TPSA) is 86.6 Å². The van der Waals surface area contributed by atoms with E-state index in [2.05, 4.69) is 26.1 Å². The number of nitrogens with one attached hydrogen (secondary N) is 1. The lowest BCUT2D eigenvalue weighted by atomic mass is 9.43. The molecule has 5 heteroatoms. The number of fused-ring (bicyclic) bond motifs is 5. The summed E-state index contributed by atoms with van der Waals surface area (Å²) < 4.78 is 0. The molecule has 3 N–H and O–H groups in total. The normalized spacial score (nSPS) is 41.7. The van der Waals surface area contributed by atoms with E-state index in [0.29, 0.717) is 47.5 Å². The molecule has 1 amide bonds. The lowest BCUT2D eigenvalue weighted by Crippen LogP contribution is -2.58. The fourth-order valence-corrected chi connectivity index (χ4v) is 9.75. The monoisotopic (exact) mass is 509 g/mol. The van der Waals surface area contributed by atoms with Crippen LogP contribution in [-0.4, -0.2) is 34.1 Å². The van der Waals surface area contributed by atoms with Crippen LogP contribution >= 0.6 is 0 Å². The molecule has 5 rings (SSSR count). The first-order chi connectivity index (χ1) is 17.5. The molecule has 204 valence electrons. The van der Waals surface area contributed by atoms with E-state index < -0.39 is 0 Å². The highest BCUT2D eigenvalue weighted by molar-refractivity contribution is 5.95. The number of carbonyl (C=O) groups is 2. The molecule has 1 aromatic carbocycles. The number of aliphatic hydroxyl groups excluding tert-OH is 2. The predicted octanol–water partition coefficient (Wildman–Crippen LogP) is 6.23. The van der Waals surface area contributed by atoms with Crippen molar-refractivity contribution in [2.75, 3.05) is 5.32 Å². The summed E-state index contributed by atoms with van der Waals surface area (Å²) in [5, 5.41) is 24.7. The summed E-state index contributed by atoms with van der Waals surface area (Å²) >= 11 is 0. The number of carbonyl (C=O) groups excluding carboxylic acids is 2. The average molecular weight is 510 g/mol. The van der Waals surface area contributed by atoms with Crippen molar-refractivity contribution in [1.29, 1.82) is 0 Å². The Hall–Kier alpha value is -1.72. The molecule has 0 aromatic heterocycles. The van der Waals surface area contributed by atoms with Crippen molar-refractivity contribution in [2.24, 2.45) is 46.3 Å².